The van der Waals surface area contributed by atoms with Crippen LogP contribution in [0.15, 0.2) is 30.9 Å². The van der Waals surface area contributed by atoms with E-state index in [1.54, 1.807) is 6.08 Å². The standard InChI is InChI=1S/C18H19FN4O2/c1-3-16-14(9-11(2)19)17(22-23(16)12-5-4-6-12)21-15-10-20-8-7-13(15)18(24)25/h3,7-10,12H,1,4-6H2,2H3,(H,21,22)(H,24,25)/b11-9+. The van der Waals surface area contributed by atoms with Gasteiger partial charge in [-0.2, -0.15) is 5.10 Å². The second-order valence-electron chi connectivity index (χ2n) is 5.96. The Morgan fingerprint density at radius 1 is 1.52 bits per heavy atom. The lowest BCUT2D eigenvalue weighted by Crippen LogP contribution is -2.19. The number of hydrogen-bond donors (Lipinski definition) is 2. The molecule has 0 aromatic carbocycles. The number of nitrogens with zero attached hydrogens (tertiary/aromatic N) is 3. The zero-order valence-electron chi connectivity index (χ0n) is 13.9. The first-order valence-corrected chi connectivity index (χ1v) is 8.04. The Bertz CT molecular complexity index is 849. The number of anilines is 2. The molecule has 0 spiro atoms. The molecule has 2 aromatic rings. The zero-order valence-corrected chi connectivity index (χ0v) is 13.9. The Labute approximate surface area is 144 Å². The first kappa shape index (κ1) is 16.9. The number of halogens is 1. The number of rotatable bonds is 6. The summed E-state index contributed by atoms with van der Waals surface area (Å²) in [6.07, 6.45) is 8.98. The van der Waals surface area contributed by atoms with Crippen LogP contribution in [0.4, 0.5) is 15.9 Å². The minimum Gasteiger partial charge on any atom is -0.478 e. The van der Waals surface area contributed by atoms with Gasteiger partial charge >= 0.3 is 5.97 Å². The van der Waals surface area contributed by atoms with Crippen LogP contribution in [0.2, 0.25) is 0 Å². The van der Waals surface area contributed by atoms with Crippen molar-refractivity contribution in [2.45, 2.75) is 32.2 Å². The van der Waals surface area contributed by atoms with Crippen molar-refractivity contribution < 1.29 is 14.3 Å². The van der Waals surface area contributed by atoms with Gasteiger partial charge in [0.1, 0.15) is 0 Å². The van der Waals surface area contributed by atoms with E-state index in [4.69, 9.17) is 0 Å². The molecule has 0 aliphatic heterocycles. The molecule has 1 fully saturated rings. The van der Waals surface area contributed by atoms with E-state index in [0.29, 0.717) is 22.8 Å². The number of hydrogen-bond acceptors (Lipinski definition) is 4. The highest BCUT2D eigenvalue weighted by Gasteiger charge is 2.26. The maximum atomic E-state index is 13.6. The SMILES string of the molecule is C=Cc1c(/C=C(\C)F)c(Nc2cnccc2C(=O)O)nn1C1CCC1. The summed E-state index contributed by atoms with van der Waals surface area (Å²) in [7, 11) is 0. The Morgan fingerprint density at radius 2 is 2.28 bits per heavy atom. The third-order valence-electron chi connectivity index (χ3n) is 4.25. The molecule has 6 nitrogen and oxygen atoms in total. The van der Waals surface area contributed by atoms with Crippen molar-refractivity contribution >= 4 is 29.6 Å². The minimum atomic E-state index is -1.08. The van der Waals surface area contributed by atoms with E-state index < -0.39 is 5.97 Å². The van der Waals surface area contributed by atoms with Gasteiger partial charge in [0, 0.05) is 11.8 Å². The monoisotopic (exact) mass is 342 g/mol. The zero-order chi connectivity index (χ0) is 18.0. The summed E-state index contributed by atoms with van der Waals surface area (Å²) in [5.41, 5.74) is 1.63. The summed E-state index contributed by atoms with van der Waals surface area (Å²) in [6, 6.07) is 1.65. The number of aromatic nitrogens is 3. The number of pyridine rings is 1. The van der Waals surface area contributed by atoms with E-state index in [0.717, 1.165) is 19.3 Å². The topological polar surface area (TPSA) is 80.0 Å². The first-order chi connectivity index (χ1) is 12.0. The molecule has 0 radical (unpaired) electrons. The van der Waals surface area contributed by atoms with E-state index in [-0.39, 0.29) is 17.4 Å². The summed E-state index contributed by atoms with van der Waals surface area (Å²) in [4.78, 5) is 15.3. The third kappa shape index (κ3) is 3.31. The fourth-order valence-electron chi connectivity index (χ4n) is 2.81. The van der Waals surface area contributed by atoms with Gasteiger partial charge in [0.05, 0.1) is 35.0 Å². The molecule has 7 heteroatoms. The van der Waals surface area contributed by atoms with Crippen LogP contribution >= 0.6 is 0 Å². The normalized spacial score (nSPS) is 14.9. The predicted octanol–water partition coefficient (Wildman–Crippen LogP) is 4.42. The fraction of sp³-hybridized carbons (Fsp3) is 0.278. The number of carboxylic acids is 1. The smallest absolute Gasteiger partial charge is 0.337 e. The van der Waals surface area contributed by atoms with Gasteiger partial charge in [-0.15, -0.1) is 0 Å². The van der Waals surface area contributed by atoms with Gasteiger partial charge in [-0.1, -0.05) is 6.58 Å². The van der Waals surface area contributed by atoms with Gasteiger partial charge in [-0.3, -0.25) is 9.67 Å². The van der Waals surface area contributed by atoms with Crippen LogP contribution in [0, 0.1) is 0 Å². The van der Waals surface area contributed by atoms with Gasteiger partial charge in [-0.05, 0) is 44.4 Å². The van der Waals surface area contributed by atoms with Crippen molar-refractivity contribution in [2.75, 3.05) is 5.32 Å². The number of allylic oxidation sites excluding steroid dienone is 1. The van der Waals surface area contributed by atoms with Crippen LogP contribution in [-0.4, -0.2) is 25.8 Å². The molecule has 0 bridgehead atoms. The van der Waals surface area contributed by atoms with E-state index in [1.807, 2.05) is 4.68 Å². The molecule has 25 heavy (non-hydrogen) atoms. The molecule has 3 rings (SSSR count). The lowest BCUT2D eigenvalue weighted by Gasteiger charge is -2.26. The van der Waals surface area contributed by atoms with Crippen LogP contribution in [0.1, 0.15) is 53.8 Å². The van der Waals surface area contributed by atoms with Crippen LogP contribution < -0.4 is 5.32 Å². The molecule has 1 saturated carbocycles. The molecule has 2 aromatic heterocycles. The van der Waals surface area contributed by atoms with Gasteiger partial charge in [-0.25, -0.2) is 9.18 Å². The van der Waals surface area contributed by atoms with Crippen molar-refractivity contribution in [3.05, 3.63) is 47.7 Å². The van der Waals surface area contributed by atoms with Gasteiger partial charge in [0.2, 0.25) is 0 Å². The molecule has 1 aliphatic rings. The van der Waals surface area contributed by atoms with E-state index in [1.165, 1.54) is 31.5 Å². The van der Waals surface area contributed by atoms with Crippen molar-refractivity contribution in [3.63, 3.8) is 0 Å². The van der Waals surface area contributed by atoms with E-state index in [2.05, 4.69) is 22.0 Å². The Morgan fingerprint density at radius 3 is 2.84 bits per heavy atom. The minimum absolute atomic E-state index is 0.0697. The number of carbonyl (C=O) groups is 1. The average molecular weight is 342 g/mol. The van der Waals surface area contributed by atoms with Crippen molar-refractivity contribution in [3.8, 4) is 0 Å². The number of aromatic carboxylic acids is 1. The Hall–Kier alpha value is -2.96. The predicted molar refractivity (Wildman–Crippen MR) is 94.4 cm³/mol. The molecular weight excluding hydrogens is 323 g/mol. The molecule has 0 atom stereocenters. The molecule has 0 saturated heterocycles. The van der Waals surface area contributed by atoms with Gasteiger partial charge in [0.25, 0.3) is 0 Å². The van der Waals surface area contributed by atoms with Crippen molar-refractivity contribution in [2.24, 2.45) is 0 Å². The second-order valence-corrected chi connectivity index (χ2v) is 5.96. The van der Waals surface area contributed by atoms with Crippen molar-refractivity contribution in [1.29, 1.82) is 0 Å². The maximum Gasteiger partial charge on any atom is 0.337 e. The van der Waals surface area contributed by atoms with Crippen LogP contribution in [0.3, 0.4) is 0 Å². The van der Waals surface area contributed by atoms with Crippen LogP contribution in [0.5, 0.6) is 0 Å². The second kappa shape index (κ2) is 6.88. The molecule has 2 heterocycles. The summed E-state index contributed by atoms with van der Waals surface area (Å²) in [5.74, 6) is -1.07. The van der Waals surface area contributed by atoms with Crippen LogP contribution in [0.25, 0.3) is 12.2 Å². The molecule has 2 N–H and O–H groups in total. The molecule has 130 valence electrons. The highest BCUT2D eigenvalue weighted by Crippen LogP contribution is 2.36. The van der Waals surface area contributed by atoms with Gasteiger partial charge < -0.3 is 10.4 Å². The molecule has 0 amide bonds. The Balaban J connectivity index is 2.09. The summed E-state index contributed by atoms with van der Waals surface area (Å²) in [6.45, 7) is 5.17. The third-order valence-corrected chi connectivity index (χ3v) is 4.25. The molecular formula is C18H19FN4O2. The Kier molecular flexibility index (Phi) is 4.65. The van der Waals surface area contributed by atoms with E-state index in [9.17, 15) is 14.3 Å². The lowest BCUT2D eigenvalue weighted by atomic mass is 9.93. The highest BCUT2D eigenvalue weighted by molar-refractivity contribution is 5.95. The summed E-state index contributed by atoms with van der Waals surface area (Å²) in [5, 5.41) is 16.9. The van der Waals surface area contributed by atoms with Gasteiger partial charge in [0.15, 0.2) is 5.82 Å². The summed E-state index contributed by atoms with van der Waals surface area (Å²) < 4.78 is 15.4. The van der Waals surface area contributed by atoms with Crippen LogP contribution in [-0.2, 0) is 0 Å². The van der Waals surface area contributed by atoms with E-state index >= 15 is 0 Å². The summed E-state index contributed by atoms with van der Waals surface area (Å²) >= 11 is 0. The first-order valence-electron chi connectivity index (χ1n) is 8.04. The van der Waals surface area contributed by atoms with Crippen molar-refractivity contribution in [1.82, 2.24) is 14.8 Å². The lowest BCUT2D eigenvalue weighted by molar-refractivity contribution is 0.0698. The molecule has 1 aliphatic carbocycles. The number of nitrogens with one attached hydrogen (secondary N) is 1. The average Bonchev–Trinajstić information content (AvgIpc) is 2.82. The highest BCUT2D eigenvalue weighted by atomic mass is 19.1. The largest absolute Gasteiger partial charge is 0.478 e. The number of carboxylic acid groups (broad SMARTS) is 1. The maximum absolute atomic E-state index is 13.6. The molecule has 0 unspecified atom stereocenters. The quantitative estimate of drug-likeness (QED) is 0.812. The fourth-order valence-corrected chi connectivity index (χ4v) is 2.81.